The molecule has 12 heteroatoms. The monoisotopic (exact) mass is 533 g/mol. The minimum Gasteiger partial charge on any atom is -0.481 e. The molecule has 1 aliphatic rings. The Bertz CT molecular complexity index is 1220. The highest BCUT2D eigenvalue weighted by molar-refractivity contribution is 6.10. The van der Waals surface area contributed by atoms with Crippen LogP contribution in [0.15, 0.2) is 58.9 Å². The third-order valence-corrected chi connectivity index (χ3v) is 5.50. The molecule has 1 amide bonds. The zero-order valence-corrected chi connectivity index (χ0v) is 22.1. The van der Waals surface area contributed by atoms with E-state index in [2.05, 4.69) is 20.6 Å². The van der Waals surface area contributed by atoms with E-state index in [1.807, 2.05) is 20.8 Å². The third kappa shape index (κ3) is 7.46. The number of carboxylic acids is 1. The van der Waals surface area contributed by atoms with Gasteiger partial charge in [0.05, 0.1) is 18.5 Å². The summed E-state index contributed by atoms with van der Waals surface area (Å²) in [5.74, 6) is -10.5. The lowest BCUT2D eigenvalue weighted by molar-refractivity contribution is -0.141. The van der Waals surface area contributed by atoms with Crippen LogP contribution < -0.4 is 21.1 Å². The number of carbonyl (C=O) groups is 3. The Hall–Kier alpha value is -4.09. The molecule has 1 aromatic rings. The van der Waals surface area contributed by atoms with Gasteiger partial charge in [-0.3, -0.25) is 19.4 Å². The van der Waals surface area contributed by atoms with E-state index >= 15 is 0 Å². The largest absolute Gasteiger partial charge is 0.481 e. The Balaban J connectivity index is 2.29. The number of anilines is 1. The van der Waals surface area contributed by atoms with Crippen LogP contribution in [-0.4, -0.2) is 44.8 Å². The number of Topliss-reactive ketones (excluding diaryl/α,β-unsaturated/α-hetero) is 1. The van der Waals surface area contributed by atoms with Crippen molar-refractivity contribution in [2.75, 3.05) is 5.32 Å². The topological polar surface area (TPSA) is 157 Å². The van der Waals surface area contributed by atoms with E-state index in [0.29, 0.717) is 12.0 Å². The average Bonchev–Trinajstić information content (AvgIpc) is 3.41. The lowest BCUT2D eigenvalue weighted by Crippen LogP contribution is -2.27. The highest BCUT2D eigenvalue weighted by Gasteiger charge is 2.76. The number of nitrogens with two attached hydrogens (primary N) is 1. The summed E-state index contributed by atoms with van der Waals surface area (Å²) in [6.45, 7) is 10.2. The van der Waals surface area contributed by atoms with Crippen LogP contribution in [0.25, 0.3) is 0 Å². The van der Waals surface area contributed by atoms with Crippen LogP contribution in [0, 0.1) is 11.8 Å². The van der Waals surface area contributed by atoms with Crippen LogP contribution in [0.3, 0.4) is 0 Å². The van der Waals surface area contributed by atoms with E-state index in [1.54, 1.807) is 13.0 Å². The Morgan fingerprint density at radius 1 is 1.16 bits per heavy atom. The van der Waals surface area contributed by atoms with Crippen molar-refractivity contribution in [2.45, 2.75) is 60.0 Å². The van der Waals surface area contributed by atoms with Gasteiger partial charge in [0.15, 0.2) is 5.82 Å². The van der Waals surface area contributed by atoms with E-state index < -0.39 is 35.4 Å². The summed E-state index contributed by atoms with van der Waals surface area (Å²) < 4.78 is 33.2. The normalized spacial score (nSPS) is 20.0. The van der Waals surface area contributed by atoms with Crippen LogP contribution in [0.5, 0.6) is 5.88 Å². The molecular formula is C26H33F2N5O5. The van der Waals surface area contributed by atoms with Gasteiger partial charge in [0.25, 0.3) is 5.92 Å². The summed E-state index contributed by atoms with van der Waals surface area (Å²) in [6.07, 6.45) is 7.82. The fourth-order valence-electron chi connectivity index (χ4n) is 3.51. The molecule has 10 nitrogen and oxygen atoms in total. The number of nitrogens with one attached hydrogen (secondary N) is 2. The van der Waals surface area contributed by atoms with Crippen LogP contribution in [0.2, 0.25) is 0 Å². The van der Waals surface area contributed by atoms with Crippen molar-refractivity contribution in [3.8, 4) is 5.88 Å². The molecule has 2 unspecified atom stereocenters. The van der Waals surface area contributed by atoms with Gasteiger partial charge in [0.1, 0.15) is 17.5 Å². The maximum absolute atomic E-state index is 13.8. The van der Waals surface area contributed by atoms with Crippen molar-refractivity contribution in [3.63, 3.8) is 0 Å². The van der Waals surface area contributed by atoms with Gasteiger partial charge in [-0.15, -0.1) is 0 Å². The number of amides is 1. The molecule has 2 rings (SSSR count). The lowest BCUT2D eigenvalue weighted by Gasteiger charge is -2.13. The van der Waals surface area contributed by atoms with Crippen molar-refractivity contribution < 1.29 is 33.0 Å². The zero-order chi connectivity index (χ0) is 28.8. The summed E-state index contributed by atoms with van der Waals surface area (Å²) >= 11 is 0. The van der Waals surface area contributed by atoms with E-state index in [1.165, 1.54) is 38.4 Å². The number of nitrogens with zero attached hydrogens (tertiary/aromatic N) is 2. The molecule has 0 radical (unpaired) electrons. The first-order valence-electron chi connectivity index (χ1n) is 11.9. The molecule has 5 N–H and O–H groups in total. The second-order valence-corrected chi connectivity index (χ2v) is 9.10. The molecule has 0 aliphatic heterocycles. The summed E-state index contributed by atoms with van der Waals surface area (Å²) in [5, 5.41) is 14.2. The molecule has 1 fully saturated rings. The number of hydrogen-bond donors (Lipinski definition) is 4. The number of rotatable bonds is 12. The molecule has 1 heterocycles. The predicted octanol–water partition coefficient (Wildman–Crippen LogP) is 3.70. The molecule has 0 spiro atoms. The molecule has 2 atom stereocenters. The molecular weight excluding hydrogens is 500 g/mol. The van der Waals surface area contributed by atoms with Crippen molar-refractivity contribution in [1.82, 2.24) is 15.3 Å². The predicted molar refractivity (Wildman–Crippen MR) is 137 cm³/mol. The van der Waals surface area contributed by atoms with Gasteiger partial charge < -0.3 is 26.2 Å². The van der Waals surface area contributed by atoms with E-state index in [0.717, 1.165) is 0 Å². The minimum atomic E-state index is -3.63. The number of halogens is 2. The first-order chi connectivity index (χ1) is 17.7. The molecule has 1 aromatic heterocycles. The molecule has 0 saturated heterocycles. The van der Waals surface area contributed by atoms with Crippen LogP contribution in [0.4, 0.5) is 14.6 Å². The van der Waals surface area contributed by atoms with Crippen LogP contribution in [0.1, 0.15) is 48.0 Å². The van der Waals surface area contributed by atoms with Gasteiger partial charge in [0.2, 0.25) is 17.6 Å². The Morgan fingerprint density at radius 3 is 2.34 bits per heavy atom. The minimum absolute atomic E-state index is 0.0384. The second-order valence-electron chi connectivity index (χ2n) is 9.10. The first-order valence-corrected chi connectivity index (χ1v) is 11.9. The zero-order valence-electron chi connectivity index (χ0n) is 22.1. The van der Waals surface area contributed by atoms with Gasteiger partial charge in [-0.1, -0.05) is 19.1 Å². The number of aromatic nitrogens is 2. The van der Waals surface area contributed by atoms with Gasteiger partial charge >= 0.3 is 5.97 Å². The number of hydrogen-bond acceptors (Lipinski definition) is 8. The highest BCUT2D eigenvalue weighted by Crippen LogP contribution is 2.55. The quantitative estimate of drug-likeness (QED) is 0.232. The molecule has 1 saturated carbocycles. The van der Waals surface area contributed by atoms with Crippen molar-refractivity contribution in [1.29, 1.82) is 0 Å². The van der Waals surface area contributed by atoms with Crippen LogP contribution >= 0.6 is 0 Å². The fraction of sp³-hybridized carbons (Fsp3) is 0.423. The number of allylic oxidation sites excluding steroid dienone is 6. The molecule has 0 bridgehead atoms. The molecule has 0 aromatic carbocycles. The number of alkyl halides is 2. The lowest BCUT2D eigenvalue weighted by atomic mass is 10.1. The maximum Gasteiger partial charge on any atom is 0.313 e. The highest BCUT2D eigenvalue weighted by atomic mass is 19.3. The number of ether oxygens (including phenoxy) is 1. The van der Waals surface area contributed by atoms with Gasteiger partial charge in [-0.2, -0.15) is 4.98 Å². The Kier molecular flexibility index (Phi) is 9.86. The molecule has 38 heavy (non-hydrogen) atoms. The molecule has 206 valence electrons. The summed E-state index contributed by atoms with van der Waals surface area (Å²) in [7, 11) is 0. The number of carbonyl (C=O) groups excluding carboxylic acids is 2. The average molecular weight is 534 g/mol. The van der Waals surface area contributed by atoms with E-state index in [4.69, 9.17) is 15.6 Å². The van der Waals surface area contributed by atoms with E-state index in [-0.39, 0.29) is 40.5 Å². The Labute approximate surface area is 219 Å². The van der Waals surface area contributed by atoms with Crippen molar-refractivity contribution >= 4 is 23.5 Å². The first kappa shape index (κ1) is 30.1. The smallest absolute Gasteiger partial charge is 0.313 e. The summed E-state index contributed by atoms with van der Waals surface area (Å²) in [5.41, 5.74) is 7.07. The second kappa shape index (κ2) is 12.4. The third-order valence-electron chi connectivity index (χ3n) is 5.50. The fourth-order valence-corrected chi connectivity index (χ4v) is 3.51. The van der Waals surface area contributed by atoms with Gasteiger partial charge in [-0.05, 0) is 58.3 Å². The maximum atomic E-state index is 13.8. The standard InChI is InChI=1S/C26H33F2N5O5/c1-7-8-14(4)17(31-24(35)20-21(25(36)37)26(20,27)28)10-9-15(5)23(34)22(16(6)29)33-18-11-30-12-19(32-18)38-13(2)3/h8-13,20-21H,7,29H2,1-6H3,(H,31,35)(H,32,33)(H,36,37)/b14-8+,15-9+,17-10+,22-16+. The van der Waals surface area contributed by atoms with Gasteiger partial charge in [0, 0.05) is 11.4 Å². The van der Waals surface area contributed by atoms with Gasteiger partial charge in [-0.25, -0.2) is 8.78 Å². The summed E-state index contributed by atoms with van der Waals surface area (Å²) in [6, 6.07) is 0. The molecule has 1 aliphatic carbocycles. The number of aliphatic carboxylic acids is 1. The number of ketones is 1. The van der Waals surface area contributed by atoms with Crippen molar-refractivity contribution in [3.05, 3.63) is 58.9 Å². The Morgan fingerprint density at radius 2 is 1.82 bits per heavy atom. The SMILES string of the molecule is CC/C=C(C)/C(=C\C=C(/C)C(=O)/C(Nc1cncc(OC(C)C)n1)=C(/C)N)NC(=O)C1C(C(=O)O)C1(F)F. The van der Waals surface area contributed by atoms with E-state index in [9.17, 15) is 23.2 Å². The summed E-state index contributed by atoms with van der Waals surface area (Å²) in [4.78, 5) is 45.0. The van der Waals surface area contributed by atoms with Crippen molar-refractivity contribution in [2.24, 2.45) is 17.6 Å². The number of carboxylic acid groups (broad SMARTS) is 1. The van der Waals surface area contributed by atoms with Crippen LogP contribution in [-0.2, 0) is 14.4 Å².